The molecule has 1 aliphatic heterocycles. The van der Waals surface area contributed by atoms with Crippen LogP contribution in [-0.4, -0.2) is 42.6 Å². The van der Waals surface area contributed by atoms with Crippen LogP contribution in [0, 0.1) is 5.82 Å². The standard InChI is InChI=1S/C19H29FN2O2.ClH/c1-5-9-22(10-6-2)14-11-16-15(19(23)21-13(3)4)7-8-17(20)18(16)24-12-14;/h7-8,13-14H,5-6,9-12H2,1-4H3,(H,21,23);1H. The van der Waals surface area contributed by atoms with Crippen LogP contribution in [0.25, 0.3) is 0 Å². The molecule has 0 spiro atoms. The highest BCUT2D eigenvalue weighted by Gasteiger charge is 2.30. The molecule has 0 saturated heterocycles. The lowest BCUT2D eigenvalue weighted by molar-refractivity contribution is 0.0931. The molecule has 0 saturated carbocycles. The number of hydrogen-bond donors (Lipinski definition) is 1. The lowest BCUT2D eigenvalue weighted by Gasteiger charge is -2.35. The second-order valence-electron chi connectivity index (χ2n) is 6.74. The lowest BCUT2D eigenvalue weighted by Crippen LogP contribution is -2.44. The smallest absolute Gasteiger partial charge is 0.251 e. The van der Waals surface area contributed by atoms with E-state index in [4.69, 9.17) is 4.74 Å². The summed E-state index contributed by atoms with van der Waals surface area (Å²) in [5.74, 6) is -0.305. The van der Waals surface area contributed by atoms with Crippen molar-refractivity contribution in [1.29, 1.82) is 0 Å². The number of carbonyl (C=O) groups is 1. The summed E-state index contributed by atoms with van der Waals surface area (Å²) >= 11 is 0. The van der Waals surface area contributed by atoms with E-state index in [0.717, 1.165) is 25.9 Å². The van der Waals surface area contributed by atoms with E-state index in [1.54, 1.807) is 6.07 Å². The first-order valence-corrected chi connectivity index (χ1v) is 8.96. The Labute approximate surface area is 156 Å². The van der Waals surface area contributed by atoms with Crippen LogP contribution in [0.5, 0.6) is 5.75 Å². The number of fused-ring (bicyclic) bond motifs is 1. The summed E-state index contributed by atoms with van der Waals surface area (Å²) in [6.45, 7) is 10.6. The van der Waals surface area contributed by atoms with Crippen LogP contribution in [0.15, 0.2) is 12.1 Å². The van der Waals surface area contributed by atoms with Crippen molar-refractivity contribution in [2.24, 2.45) is 0 Å². The first-order valence-electron chi connectivity index (χ1n) is 8.96. The molecule has 1 heterocycles. The minimum atomic E-state index is -0.387. The molecule has 0 bridgehead atoms. The van der Waals surface area contributed by atoms with Crippen molar-refractivity contribution in [2.45, 2.75) is 59.0 Å². The molecule has 2 rings (SSSR count). The van der Waals surface area contributed by atoms with Crippen molar-refractivity contribution in [3.63, 3.8) is 0 Å². The highest BCUT2D eigenvalue weighted by atomic mass is 35.5. The van der Waals surface area contributed by atoms with Crippen LogP contribution < -0.4 is 10.1 Å². The Morgan fingerprint density at radius 1 is 1.32 bits per heavy atom. The van der Waals surface area contributed by atoms with Gasteiger partial charge in [-0.05, 0) is 58.3 Å². The Morgan fingerprint density at radius 3 is 2.52 bits per heavy atom. The van der Waals surface area contributed by atoms with E-state index >= 15 is 0 Å². The van der Waals surface area contributed by atoms with Crippen molar-refractivity contribution in [2.75, 3.05) is 19.7 Å². The first-order chi connectivity index (χ1) is 11.5. The normalized spacial score (nSPS) is 16.2. The molecule has 0 radical (unpaired) electrons. The SMILES string of the molecule is CCCN(CCC)C1COc2c(F)ccc(C(=O)NC(C)C)c2C1.Cl. The molecule has 1 aromatic carbocycles. The molecule has 4 nitrogen and oxygen atoms in total. The van der Waals surface area contributed by atoms with Gasteiger partial charge in [-0.2, -0.15) is 0 Å². The number of hydrogen-bond acceptors (Lipinski definition) is 3. The van der Waals surface area contributed by atoms with Crippen molar-refractivity contribution in [3.8, 4) is 5.75 Å². The summed E-state index contributed by atoms with van der Waals surface area (Å²) < 4.78 is 19.9. The third kappa shape index (κ3) is 5.32. The van der Waals surface area contributed by atoms with Gasteiger partial charge in [-0.1, -0.05) is 13.8 Å². The predicted octanol–water partition coefficient (Wildman–Crippen LogP) is 3.81. The topological polar surface area (TPSA) is 41.6 Å². The van der Waals surface area contributed by atoms with Gasteiger partial charge < -0.3 is 10.1 Å². The molecule has 0 aromatic heterocycles. The van der Waals surface area contributed by atoms with E-state index in [9.17, 15) is 9.18 Å². The fourth-order valence-electron chi connectivity index (χ4n) is 3.27. The van der Waals surface area contributed by atoms with Crippen LogP contribution in [0.4, 0.5) is 4.39 Å². The number of amides is 1. The Hall–Kier alpha value is -1.33. The minimum Gasteiger partial charge on any atom is -0.489 e. The van der Waals surface area contributed by atoms with Gasteiger partial charge in [0.1, 0.15) is 6.61 Å². The molecule has 1 aromatic rings. The third-order valence-corrected chi connectivity index (χ3v) is 4.27. The second kappa shape index (κ2) is 9.97. The predicted molar refractivity (Wildman–Crippen MR) is 101 cm³/mol. The van der Waals surface area contributed by atoms with Gasteiger partial charge in [-0.15, -0.1) is 12.4 Å². The van der Waals surface area contributed by atoms with Gasteiger partial charge >= 0.3 is 0 Å². The van der Waals surface area contributed by atoms with Crippen LogP contribution >= 0.6 is 12.4 Å². The fourth-order valence-corrected chi connectivity index (χ4v) is 3.27. The quantitative estimate of drug-likeness (QED) is 0.791. The monoisotopic (exact) mass is 372 g/mol. The largest absolute Gasteiger partial charge is 0.489 e. The van der Waals surface area contributed by atoms with E-state index in [0.29, 0.717) is 24.2 Å². The van der Waals surface area contributed by atoms with Gasteiger partial charge in [0.05, 0.1) is 0 Å². The summed E-state index contributed by atoms with van der Waals surface area (Å²) in [6, 6.07) is 3.12. The van der Waals surface area contributed by atoms with Crippen molar-refractivity contribution in [3.05, 3.63) is 29.1 Å². The summed E-state index contributed by atoms with van der Waals surface area (Å²) in [7, 11) is 0. The maximum Gasteiger partial charge on any atom is 0.251 e. The maximum atomic E-state index is 14.1. The molecule has 1 atom stereocenters. The van der Waals surface area contributed by atoms with Crippen LogP contribution in [0.2, 0.25) is 0 Å². The van der Waals surface area contributed by atoms with E-state index < -0.39 is 0 Å². The lowest BCUT2D eigenvalue weighted by atomic mass is 9.95. The number of halogens is 2. The number of carbonyl (C=O) groups excluding carboxylic acids is 1. The van der Waals surface area contributed by atoms with Gasteiger partial charge in [0, 0.05) is 23.2 Å². The fraction of sp³-hybridized carbons (Fsp3) is 0.632. The molecule has 6 heteroatoms. The Balaban J connectivity index is 0.00000312. The van der Waals surface area contributed by atoms with E-state index in [-0.39, 0.29) is 42.0 Å². The Bertz CT molecular complexity index is 575. The first kappa shape index (κ1) is 21.7. The summed E-state index contributed by atoms with van der Waals surface area (Å²) in [5.41, 5.74) is 1.22. The number of ether oxygens (including phenoxy) is 1. The zero-order chi connectivity index (χ0) is 17.7. The van der Waals surface area contributed by atoms with E-state index in [2.05, 4.69) is 24.1 Å². The van der Waals surface area contributed by atoms with Gasteiger partial charge in [0.25, 0.3) is 5.91 Å². The molecule has 1 N–H and O–H groups in total. The summed E-state index contributed by atoms with van der Waals surface area (Å²) in [6.07, 6.45) is 2.77. The van der Waals surface area contributed by atoms with Gasteiger partial charge in [-0.3, -0.25) is 9.69 Å². The average Bonchev–Trinajstić information content (AvgIpc) is 2.54. The zero-order valence-electron chi connectivity index (χ0n) is 15.6. The Morgan fingerprint density at radius 2 is 1.96 bits per heavy atom. The maximum absolute atomic E-state index is 14.1. The Kier molecular flexibility index (Phi) is 8.66. The molecular formula is C19H30ClFN2O2. The molecule has 0 fully saturated rings. The second-order valence-corrected chi connectivity index (χ2v) is 6.74. The molecule has 1 aliphatic rings. The van der Waals surface area contributed by atoms with Crippen molar-refractivity contribution >= 4 is 18.3 Å². The molecule has 0 aliphatic carbocycles. The van der Waals surface area contributed by atoms with Gasteiger partial charge in [0.15, 0.2) is 11.6 Å². The number of rotatable bonds is 7. The molecule has 142 valence electrons. The van der Waals surface area contributed by atoms with E-state index in [1.165, 1.54) is 6.07 Å². The average molecular weight is 373 g/mol. The number of benzene rings is 1. The molecule has 1 amide bonds. The van der Waals surface area contributed by atoms with Crippen molar-refractivity contribution in [1.82, 2.24) is 10.2 Å². The highest BCUT2D eigenvalue weighted by Crippen LogP contribution is 2.32. The molecule has 1 unspecified atom stereocenters. The van der Waals surface area contributed by atoms with Gasteiger partial charge in [-0.25, -0.2) is 4.39 Å². The number of nitrogens with one attached hydrogen (secondary N) is 1. The third-order valence-electron chi connectivity index (χ3n) is 4.27. The molecular weight excluding hydrogens is 343 g/mol. The summed E-state index contributed by atoms with van der Waals surface area (Å²) in [5, 5.41) is 2.89. The summed E-state index contributed by atoms with van der Waals surface area (Å²) in [4.78, 5) is 14.9. The number of nitrogens with zero attached hydrogens (tertiary/aromatic N) is 1. The van der Waals surface area contributed by atoms with Crippen molar-refractivity contribution < 1.29 is 13.9 Å². The zero-order valence-corrected chi connectivity index (χ0v) is 16.4. The van der Waals surface area contributed by atoms with Crippen LogP contribution in [0.1, 0.15) is 56.5 Å². The minimum absolute atomic E-state index is 0. The van der Waals surface area contributed by atoms with E-state index in [1.807, 2.05) is 13.8 Å². The van der Waals surface area contributed by atoms with Crippen LogP contribution in [0.3, 0.4) is 0 Å². The van der Waals surface area contributed by atoms with Crippen LogP contribution in [-0.2, 0) is 6.42 Å². The molecule has 25 heavy (non-hydrogen) atoms. The highest BCUT2D eigenvalue weighted by molar-refractivity contribution is 5.96. The van der Waals surface area contributed by atoms with Gasteiger partial charge in [0.2, 0.25) is 0 Å².